The minimum atomic E-state index is -0.122. The molecule has 0 N–H and O–H groups in total. The average Bonchev–Trinajstić information content (AvgIpc) is 2.34. The summed E-state index contributed by atoms with van der Waals surface area (Å²) in [7, 11) is 1.72. The highest BCUT2D eigenvalue weighted by atomic mass is 16.5. The van der Waals surface area contributed by atoms with Gasteiger partial charge in [0.15, 0.2) is 11.5 Å². The number of hydrogen-bond acceptors (Lipinski definition) is 3. The molecule has 0 radical (unpaired) electrons. The molecule has 110 valence electrons. The summed E-state index contributed by atoms with van der Waals surface area (Å²) in [5.41, 5.74) is 2.14. The number of rotatable bonds is 1. The summed E-state index contributed by atoms with van der Waals surface area (Å²) in [6.07, 6.45) is 4.00. The van der Waals surface area contributed by atoms with Gasteiger partial charge in [-0.05, 0) is 59.4 Å². The fraction of sp³-hybridized carbons (Fsp3) is 0.647. The van der Waals surface area contributed by atoms with Crippen LogP contribution in [0.4, 0.5) is 0 Å². The highest BCUT2D eigenvalue weighted by Gasteiger charge is 2.35. The summed E-state index contributed by atoms with van der Waals surface area (Å²) in [5, 5.41) is 0. The highest BCUT2D eigenvalue weighted by molar-refractivity contribution is 5.60. The SMILES string of the molecule is COc1c2c(cc3c1OC(C)(C)CC3)OC(C)(C)CC2. The Morgan fingerprint density at radius 2 is 1.65 bits per heavy atom. The second-order valence-electron chi connectivity index (χ2n) is 7.10. The van der Waals surface area contributed by atoms with Gasteiger partial charge in [-0.3, -0.25) is 0 Å². The number of fused-ring (bicyclic) bond motifs is 2. The normalized spacial score (nSPS) is 22.1. The lowest BCUT2D eigenvalue weighted by atomic mass is 9.89. The Morgan fingerprint density at radius 3 is 2.35 bits per heavy atom. The maximum absolute atomic E-state index is 6.18. The summed E-state index contributed by atoms with van der Waals surface area (Å²) >= 11 is 0. The Kier molecular flexibility index (Phi) is 2.93. The van der Waals surface area contributed by atoms with E-state index in [0.29, 0.717) is 0 Å². The number of benzene rings is 1. The van der Waals surface area contributed by atoms with E-state index in [1.54, 1.807) is 7.11 Å². The first kappa shape index (κ1) is 13.6. The van der Waals surface area contributed by atoms with E-state index in [1.807, 2.05) is 0 Å². The summed E-state index contributed by atoms with van der Waals surface area (Å²) in [6.45, 7) is 8.55. The third kappa shape index (κ3) is 2.23. The van der Waals surface area contributed by atoms with Crippen LogP contribution in [0.5, 0.6) is 17.2 Å². The smallest absolute Gasteiger partial charge is 0.167 e. The van der Waals surface area contributed by atoms with Crippen molar-refractivity contribution in [1.29, 1.82) is 0 Å². The van der Waals surface area contributed by atoms with Gasteiger partial charge in [0.25, 0.3) is 0 Å². The molecule has 0 unspecified atom stereocenters. The van der Waals surface area contributed by atoms with Gasteiger partial charge in [-0.2, -0.15) is 0 Å². The van der Waals surface area contributed by atoms with Crippen LogP contribution in [-0.4, -0.2) is 18.3 Å². The fourth-order valence-electron chi connectivity index (χ4n) is 3.08. The van der Waals surface area contributed by atoms with Crippen LogP contribution in [0, 0.1) is 0 Å². The predicted octanol–water partition coefficient (Wildman–Crippen LogP) is 3.90. The van der Waals surface area contributed by atoms with Crippen molar-refractivity contribution in [3.05, 3.63) is 17.2 Å². The Balaban J connectivity index is 2.11. The number of methoxy groups -OCH3 is 1. The zero-order valence-electron chi connectivity index (χ0n) is 13.1. The molecule has 3 nitrogen and oxygen atoms in total. The first-order valence-electron chi connectivity index (χ1n) is 7.42. The van der Waals surface area contributed by atoms with E-state index in [-0.39, 0.29) is 11.2 Å². The molecule has 2 aliphatic rings. The number of aryl methyl sites for hydroxylation is 1. The minimum absolute atomic E-state index is 0.0962. The number of hydrogen-bond donors (Lipinski definition) is 0. The average molecular weight is 276 g/mol. The van der Waals surface area contributed by atoms with Crippen LogP contribution in [0.3, 0.4) is 0 Å². The summed E-state index contributed by atoms with van der Waals surface area (Å²) in [5.74, 6) is 2.77. The predicted molar refractivity (Wildman–Crippen MR) is 79.1 cm³/mol. The first-order valence-corrected chi connectivity index (χ1v) is 7.42. The molecular formula is C17H24O3. The summed E-state index contributed by atoms with van der Waals surface area (Å²) < 4.78 is 18.0. The van der Waals surface area contributed by atoms with Gasteiger partial charge in [0.05, 0.1) is 7.11 Å². The van der Waals surface area contributed by atoms with Gasteiger partial charge in [-0.1, -0.05) is 0 Å². The Bertz CT molecular complexity index is 544. The molecular weight excluding hydrogens is 252 g/mol. The van der Waals surface area contributed by atoms with Gasteiger partial charge in [0.2, 0.25) is 0 Å². The van der Waals surface area contributed by atoms with Gasteiger partial charge < -0.3 is 14.2 Å². The highest BCUT2D eigenvalue weighted by Crippen LogP contribution is 2.49. The van der Waals surface area contributed by atoms with Crippen molar-refractivity contribution >= 4 is 0 Å². The van der Waals surface area contributed by atoms with E-state index in [0.717, 1.165) is 48.5 Å². The monoisotopic (exact) mass is 276 g/mol. The fourth-order valence-corrected chi connectivity index (χ4v) is 3.08. The van der Waals surface area contributed by atoms with E-state index < -0.39 is 0 Å². The molecule has 0 amide bonds. The van der Waals surface area contributed by atoms with Gasteiger partial charge in [0, 0.05) is 11.1 Å². The van der Waals surface area contributed by atoms with E-state index in [9.17, 15) is 0 Å². The standard InChI is InChI=1S/C17H24O3/c1-16(2)9-7-12-13(19-16)10-11-6-8-17(3,4)20-14(11)15(12)18-5/h10H,6-9H2,1-5H3. The topological polar surface area (TPSA) is 27.7 Å². The summed E-state index contributed by atoms with van der Waals surface area (Å²) in [4.78, 5) is 0. The maximum Gasteiger partial charge on any atom is 0.167 e. The molecule has 0 fully saturated rings. The Morgan fingerprint density at radius 1 is 1.00 bits per heavy atom. The van der Waals surface area contributed by atoms with Gasteiger partial charge >= 0.3 is 0 Å². The van der Waals surface area contributed by atoms with E-state index in [2.05, 4.69) is 33.8 Å². The molecule has 3 heteroatoms. The second kappa shape index (κ2) is 4.31. The molecule has 0 aliphatic carbocycles. The Labute approximate surface area is 121 Å². The quantitative estimate of drug-likeness (QED) is 0.778. The molecule has 3 rings (SSSR count). The largest absolute Gasteiger partial charge is 0.492 e. The van der Waals surface area contributed by atoms with Crippen LogP contribution < -0.4 is 14.2 Å². The zero-order valence-corrected chi connectivity index (χ0v) is 13.1. The van der Waals surface area contributed by atoms with Crippen molar-refractivity contribution in [2.75, 3.05) is 7.11 Å². The van der Waals surface area contributed by atoms with Crippen LogP contribution in [0.15, 0.2) is 6.07 Å². The molecule has 0 aromatic heterocycles. The molecule has 0 atom stereocenters. The van der Waals surface area contributed by atoms with Gasteiger partial charge in [-0.25, -0.2) is 0 Å². The molecule has 0 saturated heterocycles. The van der Waals surface area contributed by atoms with Gasteiger partial charge in [0.1, 0.15) is 17.0 Å². The molecule has 0 bridgehead atoms. The second-order valence-corrected chi connectivity index (χ2v) is 7.10. The molecule has 1 aromatic rings. The third-order valence-corrected chi connectivity index (χ3v) is 4.32. The zero-order chi connectivity index (χ0) is 14.5. The first-order chi connectivity index (χ1) is 9.31. The van der Waals surface area contributed by atoms with Crippen molar-refractivity contribution in [2.24, 2.45) is 0 Å². The van der Waals surface area contributed by atoms with Crippen molar-refractivity contribution in [2.45, 2.75) is 64.6 Å². The maximum atomic E-state index is 6.18. The summed E-state index contributed by atoms with van der Waals surface area (Å²) in [6, 6.07) is 2.16. The molecule has 0 saturated carbocycles. The van der Waals surface area contributed by atoms with Crippen LogP contribution in [0.25, 0.3) is 0 Å². The molecule has 2 heterocycles. The van der Waals surface area contributed by atoms with E-state index in [4.69, 9.17) is 14.2 Å². The molecule has 0 spiro atoms. The van der Waals surface area contributed by atoms with Crippen LogP contribution in [0.2, 0.25) is 0 Å². The van der Waals surface area contributed by atoms with Crippen molar-refractivity contribution in [3.63, 3.8) is 0 Å². The third-order valence-electron chi connectivity index (χ3n) is 4.32. The van der Waals surface area contributed by atoms with Crippen molar-refractivity contribution in [3.8, 4) is 17.2 Å². The lowest BCUT2D eigenvalue weighted by Crippen LogP contribution is -2.35. The molecule has 20 heavy (non-hydrogen) atoms. The number of ether oxygens (including phenoxy) is 3. The lowest BCUT2D eigenvalue weighted by Gasteiger charge is -2.38. The van der Waals surface area contributed by atoms with E-state index in [1.165, 1.54) is 5.56 Å². The lowest BCUT2D eigenvalue weighted by molar-refractivity contribution is 0.0707. The van der Waals surface area contributed by atoms with Crippen LogP contribution in [-0.2, 0) is 12.8 Å². The van der Waals surface area contributed by atoms with Crippen molar-refractivity contribution in [1.82, 2.24) is 0 Å². The molecule has 2 aliphatic heterocycles. The van der Waals surface area contributed by atoms with Crippen molar-refractivity contribution < 1.29 is 14.2 Å². The van der Waals surface area contributed by atoms with Crippen LogP contribution in [0.1, 0.15) is 51.7 Å². The van der Waals surface area contributed by atoms with Gasteiger partial charge in [-0.15, -0.1) is 0 Å². The van der Waals surface area contributed by atoms with Crippen LogP contribution >= 0.6 is 0 Å². The minimum Gasteiger partial charge on any atom is -0.492 e. The Hall–Kier alpha value is -1.38. The van der Waals surface area contributed by atoms with E-state index >= 15 is 0 Å². The molecule has 1 aromatic carbocycles.